The molecule has 1 saturated heterocycles. The van der Waals surface area contributed by atoms with Gasteiger partial charge in [-0.3, -0.25) is 14.2 Å². The number of fused-ring (bicyclic) bond motifs is 1. The van der Waals surface area contributed by atoms with Gasteiger partial charge in [0.1, 0.15) is 11.5 Å². The number of piperazine rings is 1. The van der Waals surface area contributed by atoms with Gasteiger partial charge in [0.25, 0.3) is 0 Å². The molecule has 4 rings (SSSR count). The number of anilines is 1. The minimum atomic E-state index is 0.0965. The zero-order chi connectivity index (χ0) is 21.3. The van der Waals surface area contributed by atoms with Crippen LogP contribution in [0.5, 0.6) is 0 Å². The molecule has 0 atom stereocenters. The summed E-state index contributed by atoms with van der Waals surface area (Å²) in [5, 5.41) is 7.89. The van der Waals surface area contributed by atoms with Gasteiger partial charge in [0, 0.05) is 63.0 Å². The Morgan fingerprint density at radius 2 is 1.90 bits per heavy atom. The average Bonchev–Trinajstić information content (AvgIpc) is 3.17. The summed E-state index contributed by atoms with van der Waals surface area (Å²) in [6, 6.07) is 1.87. The molecule has 0 aliphatic carbocycles. The molecule has 1 amide bonds. The molecule has 10 heteroatoms. The fourth-order valence-electron chi connectivity index (χ4n) is 3.50. The number of nitrogens with zero attached hydrogens (tertiary/aromatic N) is 7. The van der Waals surface area contributed by atoms with Crippen molar-refractivity contribution in [1.29, 1.82) is 5.41 Å². The molecule has 0 unspecified atom stereocenters. The Balaban J connectivity index is 1.67. The van der Waals surface area contributed by atoms with Gasteiger partial charge in [0.2, 0.25) is 5.91 Å². The number of carbonyl (C=O) groups is 1. The fourth-order valence-corrected chi connectivity index (χ4v) is 3.50. The lowest BCUT2D eigenvalue weighted by Crippen LogP contribution is -2.48. The van der Waals surface area contributed by atoms with Crippen LogP contribution in [-0.2, 0) is 4.79 Å². The summed E-state index contributed by atoms with van der Waals surface area (Å²) in [6.07, 6.45) is 8.23. The number of amides is 1. The van der Waals surface area contributed by atoms with Gasteiger partial charge in [0.15, 0.2) is 11.5 Å². The van der Waals surface area contributed by atoms with E-state index in [1.54, 1.807) is 38.6 Å². The third-order valence-corrected chi connectivity index (χ3v) is 5.16. The molecule has 0 radical (unpaired) electrons. The van der Waals surface area contributed by atoms with Gasteiger partial charge >= 0.3 is 0 Å². The molecule has 0 saturated carbocycles. The smallest absolute Gasteiger partial charge is 0.219 e. The maximum absolute atomic E-state index is 11.6. The number of carbonyl (C=O) groups excluding carboxylic acids is 1. The Hall–Kier alpha value is -3.82. The number of imidazole rings is 1. The summed E-state index contributed by atoms with van der Waals surface area (Å²) in [4.78, 5) is 33.5. The summed E-state index contributed by atoms with van der Waals surface area (Å²) in [7, 11) is 0. The van der Waals surface area contributed by atoms with E-state index in [2.05, 4.69) is 19.9 Å². The number of aromatic nitrogens is 5. The highest BCUT2D eigenvalue weighted by Gasteiger charge is 2.20. The van der Waals surface area contributed by atoms with Gasteiger partial charge in [-0.25, -0.2) is 15.0 Å². The van der Waals surface area contributed by atoms with Gasteiger partial charge in [0.05, 0.1) is 18.1 Å². The molecule has 3 aromatic rings. The number of nitrogens with one attached hydrogen (secondary N) is 1. The van der Waals surface area contributed by atoms with Crippen LogP contribution in [0.1, 0.15) is 19.5 Å². The highest BCUT2D eigenvalue weighted by Crippen LogP contribution is 2.22. The maximum atomic E-state index is 11.6. The maximum Gasteiger partial charge on any atom is 0.219 e. The molecule has 4 heterocycles. The lowest BCUT2D eigenvalue weighted by Gasteiger charge is -2.34. The highest BCUT2D eigenvalue weighted by molar-refractivity contribution is 6.20. The minimum absolute atomic E-state index is 0.0965. The van der Waals surface area contributed by atoms with Crippen LogP contribution in [0.4, 0.5) is 5.82 Å². The van der Waals surface area contributed by atoms with Crippen molar-refractivity contribution in [2.75, 3.05) is 31.1 Å². The van der Waals surface area contributed by atoms with Crippen molar-refractivity contribution in [3.8, 4) is 11.5 Å². The van der Waals surface area contributed by atoms with Crippen LogP contribution in [0.25, 0.3) is 22.7 Å². The Morgan fingerprint density at radius 1 is 1.13 bits per heavy atom. The van der Waals surface area contributed by atoms with E-state index in [1.807, 2.05) is 15.4 Å². The lowest BCUT2D eigenvalue weighted by molar-refractivity contribution is -0.129. The minimum Gasteiger partial charge on any atom is -0.404 e. The topological polar surface area (TPSA) is 129 Å². The number of rotatable bonds is 4. The van der Waals surface area contributed by atoms with Crippen LogP contribution in [-0.4, -0.2) is 67.0 Å². The van der Waals surface area contributed by atoms with E-state index >= 15 is 0 Å². The largest absolute Gasteiger partial charge is 0.404 e. The van der Waals surface area contributed by atoms with Crippen molar-refractivity contribution in [2.24, 2.45) is 5.73 Å². The molecular formula is C20H23N9O. The zero-order valence-electron chi connectivity index (χ0n) is 16.9. The highest BCUT2D eigenvalue weighted by atomic mass is 16.2. The van der Waals surface area contributed by atoms with Crippen LogP contribution in [0.2, 0.25) is 0 Å². The van der Waals surface area contributed by atoms with Crippen LogP contribution < -0.4 is 10.6 Å². The zero-order valence-corrected chi connectivity index (χ0v) is 16.9. The predicted molar refractivity (Wildman–Crippen MR) is 114 cm³/mol. The van der Waals surface area contributed by atoms with Crippen LogP contribution in [0.15, 0.2) is 37.1 Å². The molecular weight excluding hydrogens is 382 g/mol. The van der Waals surface area contributed by atoms with Gasteiger partial charge in [-0.2, -0.15) is 0 Å². The van der Waals surface area contributed by atoms with Crippen molar-refractivity contribution < 1.29 is 4.79 Å². The lowest BCUT2D eigenvalue weighted by atomic mass is 10.1. The second-order valence-corrected chi connectivity index (χ2v) is 7.08. The first-order valence-electron chi connectivity index (χ1n) is 9.62. The van der Waals surface area contributed by atoms with Crippen LogP contribution >= 0.6 is 0 Å². The normalized spacial score (nSPS) is 14.9. The monoisotopic (exact) mass is 405 g/mol. The Kier molecular flexibility index (Phi) is 5.13. The van der Waals surface area contributed by atoms with Gasteiger partial charge in [-0.15, -0.1) is 0 Å². The first-order chi connectivity index (χ1) is 14.5. The van der Waals surface area contributed by atoms with E-state index in [1.165, 1.54) is 6.20 Å². The van der Waals surface area contributed by atoms with E-state index in [0.717, 1.165) is 24.6 Å². The van der Waals surface area contributed by atoms with Gasteiger partial charge in [-0.05, 0) is 13.0 Å². The first-order valence-corrected chi connectivity index (χ1v) is 9.62. The van der Waals surface area contributed by atoms with Crippen molar-refractivity contribution in [2.45, 2.75) is 13.8 Å². The molecule has 3 N–H and O–H groups in total. The average molecular weight is 405 g/mol. The van der Waals surface area contributed by atoms with Crippen LogP contribution in [0.3, 0.4) is 0 Å². The van der Waals surface area contributed by atoms with Gasteiger partial charge in [-0.1, -0.05) is 0 Å². The fraction of sp³-hybridized carbons (Fsp3) is 0.300. The summed E-state index contributed by atoms with van der Waals surface area (Å²) < 4.78 is 1.85. The molecule has 1 fully saturated rings. The summed E-state index contributed by atoms with van der Waals surface area (Å²) in [6.45, 7) is 6.06. The molecule has 154 valence electrons. The molecule has 0 bridgehead atoms. The molecule has 10 nitrogen and oxygen atoms in total. The quantitative estimate of drug-likeness (QED) is 0.624. The number of allylic oxidation sites excluding steroid dienone is 1. The summed E-state index contributed by atoms with van der Waals surface area (Å²) in [5.74, 6) is 1.44. The van der Waals surface area contributed by atoms with Crippen molar-refractivity contribution in [3.63, 3.8) is 0 Å². The van der Waals surface area contributed by atoms with Crippen molar-refractivity contribution >= 4 is 28.7 Å². The molecule has 30 heavy (non-hydrogen) atoms. The van der Waals surface area contributed by atoms with E-state index in [9.17, 15) is 4.79 Å². The first kappa shape index (κ1) is 19.5. The van der Waals surface area contributed by atoms with Crippen molar-refractivity contribution in [3.05, 3.63) is 42.7 Å². The molecule has 0 aromatic carbocycles. The molecule has 0 spiro atoms. The Labute approximate surface area is 173 Å². The van der Waals surface area contributed by atoms with E-state index in [0.29, 0.717) is 41.5 Å². The van der Waals surface area contributed by atoms with E-state index < -0.39 is 0 Å². The predicted octanol–water partition coefficient (Wildman–Crippen LogP) is 1.19. The Morgan fingerprint density at radius 3 is 2.57 bits per heavy atom. The van der Waals surface area contributed by atoms with Crippen LogP contribution in [0, 0.1) is 5.41 Å². The Bertz CT molecular complexity index is 1140. The number of hydrogen-bond donors (Lipinski definition) is 2. The standard InChI is InChI=1S/C20H23N9O/c1-13(22)15(9-21)16-12-29-17(10-25-19(29)11-24-16)20-23-4-3-18(26-20)28-7-5-27(6-8-28)14(2)30/h3-4,9-12,22H,5-8,21H2,1-2H3/b15-9+,22-13?. The van der Waals surface area contributed by atoms with Gasteiger partial charge < -0.3 is 20.9 Å². The van der Waals surface area contributed by atoms with Crippen molar-refractivity contribution in [1.82, 2.24) is 29.2 Å². The van der Waals surface area contributed by atoms with E-state index in [-0.39, 0.29) is 5.91 Å². The summed E-state index contributed by atoms with van der Waals surface area (Å²) in [5.41, 5.74) is 8.51. The number of nitrogens with two attached hydrogens (primary N) is 1. The van der Waals surface area contributed by atoms with E-state index in [4.69, 9.17) is 16.1 Å². The molecule has 1 aliphatic rings. The third-order valence-electron chi connectivity index (χ3n) is 5.16. The second kappa shape index (κ2) is 7.90. The molecule has 3 aromatic heterocycles. The third kappa shape index (κ3) is 3.59. The second-order valence-electron chi connectivity index (χ2n) is 7.08. The number of hydrogen-bond acceptors (Lipinski definition) is 8. The SMILES string of the molecule is CC(=N)/C(=C\N)c1cn2c(-c3nccc(N4CCN(C(C)=O)CC4)n3)cnc2cn1. The summed E-state index contributed by atoms with van der Waals surface area (Å²) >= 11 is 0. The molecule has 1 aliphatic heterocycles.